The number of nitrogens with one attached hydrogen (secondary N) is 1. The molecular weight excluding hydrogens is 570 g/mol. The van der Waals surface area contributed by atoms with Gasteiger partial charge in [0.25, 0.3) is 5.56 Å². The lowest BCUT2D eigenvalue weighted by molar-refractivity contribution is -0.145. The monoisotopic (exact) mass is 601 g/mol. The predicted octanol–water partition coefficient (Wildman–Crippen LogP) is 3.71. The molecule has 1 N–H and O–H groups in total. The van der Waals surface area contributed by atoms with Crippen LogP contribution in [0.5, 0.6) is 0 Å². The van der Waals surface area contributed by atoms with Gasteiger partial charge in [-0.15, -0.1) is 0 Å². The molecule has 10 nitrogen and oxygen atoms in total. The normalized spacial score (nSPS) is 13.9. The predicted molar refractivity (Wildman–Crippen MR) is 164 cm³/mol. The number of carbonyl (C=O) groups is 3. The quantitative estimate of drug-likeness (QED) is 0.291. The van der Waals surface area contributed by atoms with Gasteiger partial charge in [0.1, 0.15) is 13.2 Å². The van der Waals surface area contributed by atoms with Gasteiger partial charge < -0.3 is 19.9 Å². The number of piperazine rings is 1. The highest BCUT2D eigenvalue weighted by Crippen LogP contribution is 2.22. The third kappa shape index (κ3) is 7.58. The van der Waals surface area contributed by atoms with Gasteiger partial charge in [0.15, 0.2) is 0 Å². The van der Waals surface area contributed by atoms with E-state index in [4.69, 9.17) is 16.3 Å². The SMILES string of the molecule is CC(=O)N1CCN(c2ccc3ncn(CC(=O)N[C@H](CC(=O)OCc4ccccc4)c4ccc(Cl)cc4)c(=O)c3c2)CC1. The van der Waals surface area contributed by atoms with Crippen molar-refractivity contribution in [3.05, 3.63) is 106 Å². The second-order valence-electron chi connectivity index (χ2n) is 10.4. The van der Waals surface area contributed by atoms with Crippen LogP contribution in [0.25, 0.3) is 10.9 Å². The number of ether oxygens (including phenoxy) is 1. The lowest BCUT2D eigenvalue weighted by Gasteiger charge is -2.35. The van der Waals surface area contributed by atoms with Crippen molar-refractivity contribution in [1.29, 1.82) is 0 Å². The second-order valence-corrected chi connectivity index (χ2v) is 10.8. The lowest BCUT2D eigenvalue weighted by Crippen LogP contribution is -2.48. The van der Waals surface area contributed by atoms with Gasteiger partial charge in [-0.1, -0.05) is 54.1 Å². The molecule has 1 saturated heterocycles. The van der Waals surface area contributed by atoms with Crippen LogP contribution in [0.1, 0.15) is 30.5 Å². The molecule has 222 valence electrons. The maximum atomic E-state index is 13.4. The number of nitrogens with zero attached hydrogens (tertiary/aromatic N) is 4. The molecule has 2 amide bonds. The van der Waals surface area contributed by atoms with Crippen molar-refractivity contribution in [2.45, 2.75) is 32.5 Å². The molecule has 1 fully saturated rings. The number of halogens is 1. The molecule has 0 saturated carbocycles. The van der Waals surface area contributed by atoms with Crippen LogP contribution in [0, 0.1) is 0 Å². The van der Waals surface area contributed by atoms with Crippen LogP contribution in [-0.4, -0.2) is 58.4 Å². The van der Waals surface area contributed by atoms with Crippen LogP contribution < -0.4 is 15.8 Å². The van der Waals surface area contributed by atoms with Crippen molar-refractivity contribution >= 4 is 46.0 Å². The topological polar surface area (TPSA) is 114 Å². The smallest absolute Gasteiger partial charge is 0.308 e. The molecule has 1 aromatic heterocycles. The number of esters is 1. The molecule has 0 unspecified atom stereocenters. The van der Waals surface area contributed by atoms with E-state index in [1.54, 1.807) is 48.2 Å². The minimum Gasteiger partial charge on any atom is -0.461 e. The van der Waals surface area contributed by atoms with Crippen LogP contribution in [0.15, 0.2) is 83.9 Å². The number of rotatable bonds is 9. The number of benzene rings is 3. The molecule has 11 heteroatoms. The van der Waals surface area contributed by atoms with Crippen LogP contribution in [0.2, 0.25) is 5.02 Å². The molecule has 2 heterocycles. The number of amides is 2. The zero-order valence-corrected chi connectivity index (χ0v) is 24.5. The highest BCUT2D eigenvalue weighted by Gasteiger charge is 2.22. The molecule has 1 aliphatic rings. The van der Waals surface area contributed by atoms with E-state index in [0.717, 1.165) is 11.3 Å². The Balaban J connectivity index is 1.29. The van der Waals surface area contributed by atoms with E-state index >= 15 is 0 Å². The molecule has 1 aliphatic heterocycles. The average Bonchev–Trinajstić information content (AvgIpc) is 3.02. The number of anilines is 1. The Kier molecular flexibility index (Phi) is 9.36. The summed E-state index contributed by atoms with van der Waals surface area (Å²) in [6, 6.07) is 20.9. The van der Waals surface area contributed by atoms with E-state index in [9.17, 15) is 19.2 Å². The first-order valence-corrected chi connectivity index (χ1v) is 14.4. The average molecular weight is 602 g/mol. The van der Waals surface area contributed by atoms with Gasteiger partial charge in [0.05, 0.1) is 29.7 Å². The number of fused-ring (bicyclic) bond motifs is 1. The van der Waals surface area contributed by atoms with Gasteiger partial charge in [0, 0.05) is 43.8 Å². The fraction of sp³-hybridized carbons (Fsp3) is 0.281. The Morgan fingerprint density at radius 2 is 1.70 bits per heavy atom. The fourth-order valence-corrected chi connectivity index (χ4v) is 5.17. The molecule has 0 bridgehead atoms. The second kappa shape index (κ2) is 13.5. The summed E-state index contributed by atoms with van der Waals surface area (Å²) in [6.45, 7) is 3.92. The maximum absolute atomic E-state index is 13.4. The van der Waals surface area contributed by atoms with Gasteiger partial charge >= 0.3 is 5.97 Å². The zero-order valence-electron chi connectivity index (χ0n) is 23.7. The molecule has 0 aliphatic carbocycles. The molecule has 4 aromatic rings. The van der Waals surface area contributed by atoms with E-state index in [1.165, 1.54) is 10.9 Å². The summed E-state index contributed by atoms with van der Waals surface area (Å²) in [4.78, 5) is 59.3. The van der Waals surface area contributed by atoms with Crippen LogP contribution in [0.3, 0.4) is 0 Å². The number of hydrogen-bond acceptors (Lipinski definition) is 7. The summed E-state index contributed by atoms with van der Waals surface area (Å²) in [5, 5.41) is 3.78. The molecular formula is C32H32ClN5O5. The van der Waals surface area contributed by atoms with E-state index in [1.807, 2.05) is 36.4 Å². The van der Waals surface area contributed by atoms with Crippen LogP contribution in [-0.2, 0) is 32.3 Å². The van der Waals surface area contributed by atoms with Crippen molar-refractivity contribution in [3.63, 3.8) is 0 Å². The number of carbonyl (C=O) groups excluding carboxylic acids is 3. The van der Waals surface area contributed by atoms with Crippen molar-refractivity contribution in [2.24, 2.45) is 0 Å². The summed E-state index contributed by atoms with van der Waals surface area (Å²) >= 11 is 6.05. The molecule has 0 radical (unpaired) electrons. The van der Waals surface area contributed by atoms with Crippen molar-refractivity contribution in [1.82, 2.24) is 19.8 Å². The maximum Gasteiger partial charge on any atom is 0.308 e. The van der Waals surface area contributed by atoms with Crippen molar-refractivity contribution in [2.75, 3.05) is 31.1 Å². The number of hydrogen-bond donors (Lipinski definition) is 1. The summed E-state index contributed by atoms with van der Waals surface area (Å²) < 4.78 is 6.70. The highest BCUT2D eigenvalue weighted by molar-refractivity contribution is 6.30. The van der Waals surface area contributed by atoms with Crippen molar-refractivity contribution in [3.8, 4) is 0 Å². The van der Waals surface area contributed by atoms with E-state index in [-0.39, 0.29) is 31.0 Å². The standard InChI is InChI=1S/C32H32ClN5O5/c1-22(39)36-13-15-37(16-14-36)26-11-12-28-27(17-26)32(42)38(21-34-28)19-30(40)35-29(24-7-9-25(33)10-8-24)18-31(41)43-20-23-5-3-2-4-6-23/h2-12,17,21,29H,13-16,18-20H2,1H3,(H,35,40)/t29-/m1/s1. The Morgan fingerprint density at radius 3 is 2.40 bits per heavy atom. The highest BCUT2D eigenvalue weighted by atomic mass is 35.5. The fourth-order valence-electron chi connectivity index (χ4n) is 5.04. The minimum absolute atomic E-state index is 0.0471. The van der Waals surface area contributed by atoms with Crippen LogP contribution >= 0.6 is 11.6 Å². The summed E-state index contributed by atoms with van der Waals surface area (Å²) in [7, 11) is 0. The third-order valence-corrected chi connectivity index (χ3v) is 7.68. The largest absolute Gasteiger partial charge is 0.461 e. The first kappa shape index (κ1) is 29.8. The van der Waals surface area contributed by atoms with Crippen molar-refractivity contribution < 1.29 is 19.1 Å². The Morgan fingerprint density at radius 1 is 0.977 bits per heavy atom. The summed E-state index contributed by atoms with van der Waals surface area (Å²) in [6.07, 6.45) is 1.24. The Bertz CT molecular complexity index is 1670. The van der Waals surface area contributed by atoms with Crippen LogP contribution in [0.4, 0.5) is 5.69 Å². The molecule has 0 spiro atoms. The minimum atomic E-state index is -0.697. The van der Waals surface area contributed by atoms with Gasteiger partial charge in [-0.3, -0.25) is 23.7 Å². The first-order valence-electron chi connectivity index (χ1n) is 14.0. The van der Waals surface area contributed by atoms with E-state index in [2.05, 4.69) is 15.2 Å². The van der Waals surface area contributed by atoms with E-state index in [0.29, 0.717) is 47.7 Å². The summed E-state index contributed by atoms with van der Waals surface area (Å²) in [5.74, 6) is -0.897. The Labute approximate surface area is 253 Å². The molecule has 43 heavy (non-hydrogen) atoms. The van der Waals surface area contributed by atoms with Gasteiger partial charge in [0.2, 0.25) is 11.8 Å². The van der Waals surface area contributed by atoms with Gasteiger partial charge in [-0.25, -0.2) is 4.98 Å². The Hall–Kier alpha value is -4.70. The van der Waals surface area contributed by atoms with E-state index < -0.39 is 17.9 Å². The zero-order chi connectivity index (χ0) is 30.3. The van der Waals surface area contributed by atoms with Gasteiger partial charge in [-0.2, -0.15) is 0 Å². The third-order valence-electron chi connectivity index (χ3n) is 7.43. The molecule has 5 rings (SSSR count). The molecule has 3 aromatic carbocycles. The first-order chi connectivity index (χ1) is 20.8. The number of aromatic nitrogens is 2. The summed E-state index contributed by atoms with van der Waals surface area (Å²) in [5.41, 5.74) is 2.55. The molecule has 1 atom stereocenters. The lowest BCUT2D eigenvalue weighted by atomic mass is 10.0. The van der Waals surface area contributed by atoms with Gasteiger partial charge in [-0.05, 0) is 41.5 Å².